The standard InChI is InChI=1S/C17H22N2/c1-14(2)5-4-6-15(3)11-12-19-17-9-7-16(13-18)8-10-17/h5,7-11,19H,4,6,12H2,1-3H3/b15-11+. The molecule has 0 aliphatic carbocycles. The van der Waals surface area contributed by atoms with E-state index in [9.17, 15) is 0 Å². The maximum Gasteiger partial charge on any atom is 0.0991 e. The van der Waals surface area contributed by atoms with Gasteiger partial charge in [0, 0.05) is 12.2 Å². The number of nitrogens with one attached hydrogen (secondary N) is 1. The van der Waals surface area contributed by atoms with Crippen LogP contribution in [0.1, 0.15) is 39.2 Å². The molecule has 19 heavy (non-hydrogen) atoms. The van der Waals surface area contributed by atoms with E-state index in [0.717, 1.165) is 25.1 Å². The normalized spacial score (nSPS) is 10.7. The van der Waals surface area contributed by atoms with Crippen molar-refractivity contribution in [2.24, 2.45) is 0 Å². The van der Waals surface area contributed by atoms with E-state index < -0.39 is 0 Å². The molecule has 0 aromatic heterocycles. The second kappa shape index (κ2) is 8.16. The molecule has 0 aliphatic heterocycles. The highest BCUT2D eigenvalue weighted by Gasteiger charge is 1.92. The Labute approximate surface area is 116 Å². The summed E-state index contributed by atoms with van der Waals surface area (Å²) < 4.78 is 0. The van der Waals surface area contributed by atoms with E-state index in [0.29, 0.717) is 5.56 Å². The van der Waals surface area contributed by atoms with Gasteiger partial charge in [0.15, 0.2) is 0 Å². The van der Waals surface area contributed by atoms with E-state index in [-0.39, 0.29) is 0 Å². The van der Waals surface area contributed by atoms with Crippen molar-refractivity contribution in [2.75, 3.05) is 11.9 Å². The van der Waals surface area contributed by atoms with Crippen LogP contribution in [0.15, 0.2) is 47.6 Å². The van der Waals surface area contributed by atoms with Crippen LogP contribution in [0.2, 0.25) is 0 Å². The number of benzene rings is 1. The fraction of sp³-hybridized carbons (Fsp3) is 0.353. The van der Waals surface area contributed by atoms with E-state index in [1.165, 1.54) is 11.1 Å². The lowest BCUT2D eigenvalue weighted by Crippen LogP contribution is -1.98. The molecule has 0 unspecified atom stereocenters. The summed E-state index contributed by atoms with van der Waals surface area (Å²) in [5, 5.41) is 12.0. The minimum Gasteiger partial charge on any atom is -0.382 e. The molecule has 0 fully saturated rings. The first-order valence-electron chi connectivity index (χ1n) is 6.65. The van der Waals surface area contributed by atoms with E-state index in [1.807, 2.05) is 24.3 Å². The Kier molecular flexibility index (Phi) is 6.46. The highest BCUT2D eigenvalue weighted by atomic mass is 14.8. The van der Waals surface area contributed by atoms with Crippen LogP contribution in [-0.4, -0.2) is 6.54 Å². The quantitative estimate of drug-likeness (QED) is 0.749. The molecular weight excluding hydrogens is 232 g/mol. The average molecular weight is 254 g/mol. The smallest absolute Gasteiger partial charge is 0.0991 e. The van der Waals surface area contributed by atoms with Crippen LogP contribution < -0.4 is 5.32 Å². The van der Waals surface area contributed by atoms with Gasteiger partial charge in [-0.05, 0) is 57.9 Å². The highest BCUT2D eigenvalue weighted by molar-refractivity contribution is 5.47. The third kappa shape index (κ3) is 6.47. The van der Waals surface area contributed by atoms with E-state index in [1.54, 1.807) is 0 Å². The van der Waals surface area contributed by atoms with Crippen LogP contribution in [0.25, 0.3) is 0 Å². The second-order valence-corrected chi connectivity index (χ2v) is 4.94. The van der Waals surface area contributed by atoms with Gasteiger partial charge in [-0.25, -0.2) is 0 Å². The van der Waals surface area contributed by atoms with Crippen LogP contribution in [0.3, 0.4) is 0 Å². The number of allylic oxidation sites excluding steroid dienone is 3. The van der Waals surface area contributed by atoms with Crippen molar-refractivity contribution in [1.29, 1.82) is 5.26 Å². The number of rotatable bonds is 6. The Morgan fingerprint density at radius 2 is 1.84 bits per heavy atom. The zero-order valence-corrected chi connectivity index (χ0v) is 12.0. The zero-order valence-electron chi connectivity index (χ0n) is 12.0. The molecule has 1 aromatic rings. The molecule has 2 nitrogen and oxygen atoms in total. The number of anilines is 1. The summed E-state index contributed by atoms with van der Waals surface area (Å²) in [4.78, 5) is 0. The SMILES string of the molecule is CC(C)=CCC/C(C)=C/CNc1ccc(C#N)cc1. The third-order valence-electron chi connectivity index (χ3n) is 2.86. The van der Waals surface area contributed by atoms with Gasteiger partial charge in [0.1, 0.15) is 0 Å². The molecule has 0 amide bonds. The van der Waals surface area contributed by atoms with Gasteiger partial charge in [0.25, 0.3) is 0 Å². The Hall–Kier alpha value is -2.01. The molecular formula is C17H22N2. The molecule has 0 atom stereocenters. The van der Waals surface area contributed by atoms with Crippen molar-refractivity contribution in [3.8, 4) is 6.07 Å². The van der Waals surface area contributed by atoms with Gasteiger partial charge in [-0.15, -0.1) is 0 Å². The maximum absolute atomic E-state index is 8.71. The van der Waals surface area contributed by atoms with Crippen LogP contribution in [-0.2, 0) is 0 Å². The Morgan fingerprint density at radius 1 is 1.16 bits per heavy atom. The molecule has 2 heteroatoms. The molecule has 0 spiro atoms. The maximum atomic E-state index is 8.71. The Balaban J connectivity index is 2.35. The van der Waals surface area contributed by atoms with Gasteiger partial charge in [-0.3, -0.25) is 0 Å². The highest BCUT2D eigenvalue weighted by Crippen LogP contribution is 2.10. The van der Waals surface area contributed by atoms with Crippen molar-refractivity contribution < 1.29 is 0 Å². The summed E-state index contributed by atoms with van der Waals surface area (Å²) in [6.45, 7) is 7.25. The topological polar surface area (TPSA) is 35.8 Å². The van der Waals surface area contributed by atoms with Gasteiger partial charge in [-0.2, -0.15) is 5.26 Å². The molecule has 0 saturated heterocycles. The first-order chi connectivity index (χ1) is 9.11. The van der Waals surface area contributed by atoms with Gasteiger partial charge < -0.3 is 5.32 Å². The molecule has 0 aliphatic rings. The molecule has 1 N–H and O–H groups in total. The fourth-order valence-electron chi connectivity index (χ4n) is 1.70. The third-order valence-corrected chi connectivity index (χ3v) is 2.86. The molecule has 0 bridgehead atoms. The molecule has 0 heterocycles. The summed E-state index contributed by atoms with van der Waals surface area (Å²) in [7, 11) is 0. The average Bonchev–Trinajstić information content (AvgIpc) is 2.39. The van der Waals surface area contributed by atoms with Crippen LogP contribution in [0, 0.1) is 11.3 Å². The first kappa shape index (κ1) is 15.0. The summed E-state index contributed by atoms with van der Waals surface area (Å²) in [6, 6.07) is 9.64. The van der Waals surface area contributed by atoms with Gasteiger partial charge in [0.2, 0.25) is 0 Å². The second-order valence-electron chi connectivity index (χ2n) is 4.94. The van der Waals surface area contributed by atoms with E-state index in [4.69, 9.17) is 5.26 Å². The number of nitrogens with zero attached hydrogens (tertiary/aromatic N) is 1. The summed E-state index contributed by atoms with van der Waals surface area (Å²) in [6.07, 6.45) is 6.71. The minimum atomic E-state index is 0.694. The number of nitriles is 1. The van der Waals surface area contributed by atoms with Crippen molar-refractivity contribution in [3.63, 3.8) is 0 Å². The molecule has 1 rings (SSSR count). The summed E-state index contributed by atoms with van der Waals surface area (Å²) >= 11 is 0. The first-order valence-corrected chi connectivity index (χ1v) is 6.65. The van der Waals surface area contributed by atoms with Crippen molar-refractivity contribution >= 4 is 5.69 Å². The molecule has 0 radical (unpaired) electrons. The van der Waals surface area contributed by atoms with Gasteiger partial charge in [0.05, 0.1) is 11.6 Å². The summed E-state index contributed by atoms with van der Waals surface area (Å²) in [5.74, 6) is 0. The predicted molar refractivity (Wildman–Crippen MR) is 82.1 cm³/mol. The van der Waals surface area contributed by atoms with Crippen molar-refractivity contribution in [1.82, 2.24) is 0 Å². The van der Waals surface area contributed by atoms with Crippen LogP contribution >= 0.6 is 0 Å². The number of hydrogen-bond donors (Lipinski definition) is 1. The minimum absolute atomic E-state index is 0.694. The Bertz CT molecular complexity index is 483. The molecule has 0 saturated carbocycles. The van der Waals surface area contributed by atoms with Crippen molar-refractivity contribution in [3.05, 3.63) is 53.1 Å². The lowest BCUT2D eigenvalue weighted by Gasteiger charge is -2.04. The lowest BCUT2D eigenvalue weighted by molar-refractivity contribution is 0.959. The lowest BCUT2D eigenvalue weighted by atomic mass is 10.1. The Morgan fingerprint density at radius 3 is 2.42 bits per heavy atom. The van der Waals surface area contributed by atoms with Crippen LogP contribution in [0.4, 0.5) is 5.69 Å². The van der Waals surface area contributed by atoms with E-state index in [2.05, 4.69) is 44.3 Å². The van der Waals surface area contributed by atoms with Gasteiger partial charge >= 0.3 is 0 Å². The van der Waals surface area contributed by atoms with E-state index >= 15 is 0 Å². The molecule has 100 valence electrons. The molecule has 1 aromatic carbocycles. The largest absolute Gasteiger partial charge is 0.382 e. The predicted octanol–water partition coefficient (Wildman–Crippen LogP) is 4.66. The summed E-state index contributed by atoms with van der Waals surface area (Å²) in [5.41, 5.74) is 4.52. The van der Waals surface area contributed by atoms with Gasteiger partial charge in [-0.1, -0.05) is 23.3 Å². The fourth-order valence-corrected chi connectivity index (χ4v) is 1.70. The van der Waals surface area contributed by atoms with Crippen LogP contribution in [0.5, 0.6) is 0 Å². The zero-order chi connectivity index (χ0) is 14.1. The van der Waals surface area contributed by atoms with Crippen molar-refractivity contribution in [2.45, 2.75) is 33.6 Å². The number of hydrogen-bond acceptors (Lipinski definition) is 2. The monoisotopic (exact) mass is 254 g/mol.